The van der Waals surface area contributed by atoms with Gasteiger partial charge in [-0.1, -0.05) is 23.2 Å². The van der Waals surface area contributed by atoms with Crippen molar-refractivity contribution in [1.29, 1.82) is 5.26 Å². The zero-order chi connectivity index (χ0) is 16.3. The molecule has 0 aromatic heterocycles. The fourth-order valence-corrected chi connectivity index (χ4v) is 3.71. The first-order chi connectivity index (χ1) is 10.3. The average molecular weight is 373 g/mol. The molecule has 0 aliphatic heterocycles. The number of nitrogens with zero attached hydrogens (tertiary/aromatic N) is 1. The van der Waals surface area contributed by atoms with E-state index in [1.165, 1.54) is 18.2 Å². The summed E-state index contributed by atoms with van der Waals surface area (Å²) in [4.78, 5) is 0.772. The first kappa shape index (κ1) is 17.0. The molecule has 0 aliphatic carbocycles. The van der Waals surface area contributed by atoms with Crippen molar-refractivity contribution in [2.45, 2.75) is 16.7 Å². The first-order valence-corrected chi connectivity index (χ1v) is 9.03. The molecular formula is C14H10Cl2N2O2S2. The van der Waals surface area contributed by atoms with Crippen molar-refractivity contribution in [2.75, 3.05) is 4.72 Å². The van der Waals surface area contributed by atoms with Gasteiger partial charge in [0.05, 0.1) is 20.6 Å². The molecule has 22 heavy (non-hydrogen) atoms. The monoisotopic (exact) mass is 372 g/mol. The molecule has 0 aliphatic rings. The number of sulfonamides is 1. The van der Waals surface area contributed by atoms with Crippen molar-refractivity contribution < 1.29 is 8.42 Å². The highest BCUT2D eigenvalue weighted by atomic mass is 35.5. The molecule has 2 aromatic rings. The molecule has 0 heterocycles. The highest BCUT2D eigenvalue weighted by molar-refractivity contribution is 8.03. The second-order valence-electron chi connectivity index (χ2n) is 4.35. The third-order valence-corrected chi connectivity index (χ3v) is 5.49. The predicted molar refractivity (Wildman–Crippen MR) is 89.9 cm³/mol. The second-order valence-corrected chi connectivity index (χ2v) is 7.71. The van der Waals surface area contributed by atoms with E-state index < -0.39 is 10.0 Å². The number of thioether (sulfide) groups is 1. The second kappa shape index (κ2) is 6.80. The van der Waals surface area contributed by atoms with Crippen LogP contribution >= 0.6 is 35.0 Å². The van der Waals surface area contributed by atoms with Gasteiger partial charge in [0, 0.05) is 4.90 Å². The number of halogens is 2. The lowest BCUT2D eigenvalue weighted by atomic mass is 10.2. The molecule has 1 N–H and O–H groups in total. The van der Waals surface area contributed by atoms with E-state index in [0.717, 1.165) is 16.7 Å². The molecule has 114 valence electrons. The molecule has 8 heteroatoms. The summed E-state index contributed by atoms with van der Waals surface area (Å²) in [6.45, 7) is 1.76. The number of hydrogen-bond acceptors (Lipinski definition) is 4. The van der Waals surface area contributed by atoms with E-state index in [9.17, 15) is 8.42 Å². The van der Waals surface area contributed by atoms with Crippen LogP contribution in [0, 0.1) is 17.6 Å². The van der Waals surface area contributed by atoms with Crippen molar-refractivity contribution in [3.05, 3.63) is 52.0 Å². The van der Waals surface area contributed by atoms with Crippen LogP contribution in [0.2, 0.25) is 10.0 Å². The molecule has 0 bridgehead atoms. The summed E-state index contributed by atoms with van der Waals surface area (Å²) in [5.41, 5.74) is 1.15. The molecule has 0 unspecified atom stereocenters. The van der Waals surface area contributed by atoms with E-state index in [-0.39, 0.29) is 14.9 Å². The largest absolute Gasteiger partial charge is 0.279 e. The van der Waals surface area contributed by atoms with Crippen LogP contribution in [-0.4, -0.2) is 8.42 Å². The van der Waals surface area contributed by atoms with Crippen LogP contribution < -0.4 is 4.72 Å². The smallest absolute Gasteiger partial charge is 0.261 e. The normalized spacial score (nSPS) is 11.0. The molecule has 4 nitrogen and oxygen atoms in total. The Morgan fingerprint density at radius 3 is 2.45 bits per heavy atom. The lowest BCUT2D eigenvalue weighted by Crippen LogP contribution is -2.13. The molecule has 0 saturated carbocycles. The van der Waals surface area contributed by atoms with Gasteiger partial charge in [-0.15, -0.1) is 0 Å². The highest BCUT2D eigenvalue weighted by Gasteiger charge is 2.16. The molecule has 2 aromatic carbocycles. The van der Waals surface area contributed by atoms with Gasteiger partial charge in [0.2, 0.25) is 0 Å². The number of nitrogens with one attached hydrogen (secondary N) is 1. The fourth-order valence-electron chi connectivity index (χ4n) is 1.71. The topological polar surface area (TPSA) is 70.0 Å². The first-order valence-electron chi connectivity index (χ1n) is 5.98. The van der Waals surface area contributed by atoms with Gasteiger partial charge < -0.3 is 0 Å². The number of anilines is 1. The molecule has 0 spiro atoms. The van der Waals surface area contributed by atoms with Gasteiger partial charge in [0.15, 0.2) is 0 Å². The van der Waals surface area contributed by atoms with E-state index in [1.54, 1.807) is 25.1 Å². The van der Waals surface area contributed by atoms with E-state index in [2.05, 4.69) is 4.72 Å². The molecule has 0 saturated heterocycles. The average Bonchev–Trinajstić information content (AvgIpc) is 2.45. The third kappa shape index (κ3) is 3.87. The number of nitriles is 1. The van der Waals surface area contributed by atoms with E-state index in [1.807, 2.05) is 5.40 Å². The summed E-state index contributed by atoms with van der Waals surface area (Å²) in [5.74, 6) is 0. The minimum Gasteiger partial charge on any atom is -0.279 e. The third-order valence-electron chi connectivity index (χ3n) is 2.81. The standard InChI is InChI=1S/C14H10Cl2N2O2S2/c1-9-6-10(21-8-17)2-5-14(9)18-22(19,20)11-3-4-12(15)13(16)7-11/h2-7,18H,1H3. The lowest BCUT2D eigenvalue weighted by molar-refractivity contribution is 0.601. The summed E-state index contributed by atoms with van der Waals surface area (Å²) in [5, 5.41) is 11.1. The van der Waals surface area contributed by atoms with Crippen LogP contribution in [0.15, 0.2) is 46.2 Å². The summed E-state index contributed by atoms with van der Waals surface area (Å²) >= 11 is 12.7. The van der Waals surface area contributed by atoms with Gasteiger partial charge in [0.1, 0.15) is 5.40 Å². The quantitative estimate of drug-likeness (QED) is 0.624. The zero-order valence-corrected chi connectivity index (χ0v) is 14.4. The van der Waals surface area contributed by atoms with Gasteiger partial charge in [0.25, 0.3) is 10.0 Å². The number of aryl methyl sites for hydroxylation is 1. The van der Waals surface area contributed by atoms with Crippen LogP contribution in [0.1, 0.15) is 5.56 Å². The molecule has 0 amide bonds. The Bertz CT molecular complexity index is 862. The maximum atomic E-state index is 12.4. The number of hydrogen-bond donors (Lipinski definition) is 1. The van der Waals surface area contributed by atoms with Crippen LogP contribution in [0.3, 0.4) is 0 Å². The summed E-state index contributed by atoms with van der Waals surface area (Å²) < 4.78 is 27.2. The maximum absolute atomic E-state index is 12.4. The molecular weight excluding hydrogens is 363 g/mol. The SMILES string of the molecule is Cc1cc(SC#N)ccc1NS(=O)(=O)c1ccc(Cl)c(Cl)c1. The summed E-state index contributed by atoms with van der Waals surface area (Å²) in [7, 11) is -3.77. The van der Waals surface area contributed by atoms with Crippen LogP contribution in [-0.2, 0) is 10.0 Å². The maximum Gasteiger partial charge on any atom is 0.261 e. The Morgan fingerprint density at radius 2 is 1.86 bits per heavy atom. The van der Waals surface area contributed by atoms with Crippen molar-refractivity contribution >= 4 is 50.7 Å². The Kier molecular flexibility index (Phi) is 5.24. The number of thiocyanates is 1. The highest BCUT2D eigenvalue weighted by Crippen LogP contribution is 2.28. The van der Waals surface area contributed by atoms with Crippen LogP contribution in [0.25, 0.3) is 0 Å². The lowest BCUT2D eigenvalue weighted by Gasteiger charge is -2.11. The summed E-state index contributed by atoms with van der Waals surface area (Å²) in [6.07, 6.45) is 0. The Labute approximate surface area is 143 Å². The zero-order valence-electron chi connectivity index (χ0n) is 11.3. The molecule has 0 radical (unpaired) electrons. The van der Waals surface area contributed by atoms with Crippen molar-refractivity contribution in [3.63, 3.8) is 0 Å². The van der Waals surface area contributed by atoms with Crippen molar-refractivity contribution in [3.8, 4) is 5.40 Å². The Balaban J connectivity index is 2.32. The fraction of sp³-hybridized carbons (Fsp3) is 0.0714. The minimum absolute atomic E-state index is 0.0248. The van der Waals surface area contributed by atoms with Gasteiger partial charge in [-0.25, -0.2) is 8.42 Å². The Hall–Kier alpha value is -1.39. The molecule has 0 fully saturated rings. The van der Waals surface area contributed by atoms with E-state index >= 15 is 0 Å². The van der Waals surface area contributed by atoms with E-state index in [0.29, 0.717) is 11.3 Å². The number of rotatable bonds is 4. The minimum atomic E-state index is -3.77. The van der Waals surface area contributed by atoms with Gasteiger partial charge in [-0.3, -0.25) is 4.72 Å². The van der Waals surface area contributed by atoms with Crippen LogP contribution in [0.5, 0.6) is 0 Å². The molecule has 2 rings (SSSR count). The van der Waals surface area contributed by atoms with Crippen LogP contribution in [0.4, 0.5) is 5.69 Å². The summed E-state index contributed by atoms with van der Waals surface area (Å²) in [6, 6.07) is 9.13. The number of benzene rings is 2. The van der Waals surface area contributed by atoms with Crippen molar-refractivity contribution in [1.82, 2.24) is 0 Å². The van der Waals surface area contributed by atoms with Gasteiger partial charge >= 0.3 is 0 Å². The Morgan fingerprint density at radius 1 is 1.14 bits per heavy atom. The van der Waals surface area contributed by atoms with Gasteiger partial charge in [-0.2, -0.15) is 5.26 Å². The van der Waals surface area contributed by atoms with Crippen molar-refractivity contribution in [2.24, 2.45) is 0 Å². The van der Waals surface area contributed by atoms with E-state index in [4.69, 9.17) is 28.5 Å². The molecule has 0 atom stereocenters. The van der Waals surface area contributed by atoms with Gasteiger partial charge in [-0.05, 0) is 60.6 Å². The predicted octanol–water partition coefficient (Wildman–Crippen LogP) is 4.68.